The summed E-state index contributed by atoms with van der Waals surface area (Å²) in [6.07, 6.45) is 6.07. The van der Waals surface area contributed by atoms with Crippen LogP contribution in [0.15, 0.2) is 41.7 Å². The van der Waals surface area contributed by atoms with Crippen LogP contribution in [-0.2, 0) is 16.6 Å². The number of aromatic nitrogens is 2. The quantitative estimate of drug-likeness (QED) is 0.873. The van der Waals surface area contributed by atoms with Crippen molar-refractivity contribution >= 4 is 15.7 Å². The van der Waals surface area contributed by atoms with Crippen molar-refractivity contribution in [2.24, 2.45) is 5.14 Å². The number of hydrogen-bond donors (Lipinski definition) is 2. The molecule has 3 rings (SSSR count). The lowest BCUT2D eigenvalue weighted by atomic mass is 10.3. The average molecular weight is 292 g/mol. The highest BCUT2D eigenvalue weighted by Gasteiger charge is 2.24. The van der Waals surface area contributed by atoms with Crippen molar-refractivity contribution in [3.8, 4) is 0 Å². The Hall–Kier alpha value is -1.86. The maximum Gasteiger partial charge on any atom is 0.238 e. The Bertz CT molecular complexity index is 719. The molecule has 0 unspecified atom stereocenters. The number of rotatable bonds is 5. The summed E-state index contributed by atoms with van der Waals surface area (Å²) in [6.45, 7) is 0.602. The topological polar surface area (TPSA) is 90.0 Å². The Morgan fingerprint density at radius 2 is 2.20 bits per heavy atom. The highest BCUT2D eigenvalue weighted by Crippen LogP contribution is 2.35. The molecule has 1 aliphatic rings. The lowest BCUT2D eigenvalue weighted by molar-refractivity contribution is 0.598. The minimum Gasteiger partial charge on any atom is -0.379 e. The maximum atomic E-state index is 11.3. The zero-order valence-corrected chi connectivity index (χ0v) is 11.7. The summed E-state index contributed by atoms with van der Waals surface area (Å²) in [5, 5.41) is 8.32. The lowest BCUT2D eigenvalue weighted by Crippen LogP contribution is -2.12. The second-order valence-electron chi connectivity index (χ2n) is 4.95. The number of sulfonamides is 1. The molecule has 0 spiro atoms. The van der Waals surface area contributed by atoms with Crippen molar-refractivity contribution in [1.82, 2.24) is 9.55 Å². The van der Waals surface area contributed by atoms with Crippen LogP contribution in [0.5, 0.6) is 0 Å². The highest BCUT2D eigenvalue weighted by molar-refractivity contribution is 7.89. The molecule has 106 valence electrons. The second kappa shape index (κ2) is 4.92. The van der Waals surface area contributed by atoms with Crippen LogP contribution in [0.1, 0.15) is 24.6 Å². The van der Waals surface area contributed by atoms with Crippen LogP contribution < -0.4 is 10.5 Å². The van der Waals surface area contributed by atoms with Crippen molar-refractivity contribution in [2.45, 2.75) is 30.3 Å². The van der Waals surface area contributed by atoms with E-state index in [1.807, 2.05) is 18.6 Å². The van der Waals surface area contributed by atoms with Gasteiger partial charge in [-0.2, -0.15) is 0 Å². The normalized spacial score (nSPS) is 15.2. The number of benzene rings is 1. The van der Waals surface area contributed by atoms with Crippen molar-refractivity contribution in [3.05, 3.63) is 42.5 Å². The van der Waals surface area contributed by atoms with Gasteiger partial charge in [0.05, 0.1) is 23.5 Å². The van der Waals surface area contributed by atoms with Gasteiger partial charge in [-0.15, -0.1) is 0 Å². The molecule has 2 aromatic rings. The zero-order valence-electron chi connectivity index (χ0n) is 10.9. The largest absolute Gasteiger partial charge is 0.379 e. The van der Waals surface area contributed by atoms with Gasteiger partial charge in [-0.25, -0.2) is 18.5 Å². The minimum absolute atomic E-state index is 0.109. The smallest absolute Gasteiger partial charge is 0.238 e. The van der Waals surface area contributed by atoms with Crippen LogP contribution in [0, 0.1) is 0 Å². The van der Waals surface area contributed by atoms with Crippen molar-refractivity contribution < 1.29 is 8.42 Å². The number of anilines is 1. The molecule has 0 saturated heterocycles. The van der Waals surface area contributed by atoms with Gasteiger partial charge in [-0.3, -0.25) is 0 Å². The Morgan fingerprint density at radius 1 is 1.40 bits per heavy atom. The Balaban J connectivity index is 1.73. The van der Waals surface area contributed by atoms with E-state index < -0.39 is 10.0 Å². The molecular weight excluding hydrogens is 276 g/mol. The van der Waals surface area contributed by atoms with Crippen LogP contribution in [0.3, 0.4) is 0 Å². The lowest BCUT2D eigenvalue weighted by Gasteiger charge is -2.10. The van der Waals surface area contributed by atoms with Crippen molar-refractivity contribution in [1.29, 1.82) is 0 Å². The van der Waals surface area contributed by atoms with Crippen LogP contribution in [-0.4, -0.2) is 18.0 Å². The molecule has 3 N–H and O–H groups in total. The number of nitrogens with zero attached hydrogens (tertiary/aromatic N) is 2. The Morgan fingerprint density at radius 3 is 2.90 bits per heavy atom. The minimum atomic E-state index is -3.67. The van der Waals surface area contributed by atoms with Gasteiger partial charge in [0, 0.05) is 17.9 Å². The summed E-state index contributed by atoms with van der Waals surface area (Å²) in [4.78, 5) is 4.27. The SMILES string of the molecule is NS(=O)(=O)c1cccc(NCc2cncn2C2CC2)c1. The first-order valence-electron chi connectivity index (χ1n) is 6.41. The summed E-state index contributed by atoms with van der Waals surface area (Å²) in [6, 6.07) is 7.07. The fraction of sp³-hybridized carbons (Fsp3) is 0.308. The van der Waals surface area contributed by atoms with Gasteiger partial charge in [-0.1, -0.05) is 6.07 Å². The van der Waals surface area contributed by atoms with E-state index in [9.17, 15) is 8.42 Å². The molecule has 0 radical (unpaired) electrons. The third-order valence-corrected chi connectivity index (χ3v) is 4.23. The summed E-state index contributed by atoms with van der Waals surface area (Å²) in [5.74, 6) is 0. The summed E-state index contributed by atoms with van der Waals surface area (Å²) < 4.78 is 24.8. The van der Waals surface area contributed by atoms with Gasteiger partial charge in [0.2, 0.25) is 10.0 Å². The van der Waals surface area contributed by atoms with Crippen LogP contribution in [0.2, 0.25) is 0 Å². The van der Waals surface area contributed by atoms with Gasteiger partial charge in [0.15, 0.2) is 0 Å². The molecule has 1 heterocycles. The molecule has 6 nitrogen and oxygen atoms in total. The van der Waals surface area contributed by atoms with E-state index in [1.165, 1.54) is 25.0 Å². The maximum absolute atomic E-state index is 11.3. The summed E-state index contributed by atoms with van der Waals surface area (Å²) in [5.41, 5.74) is 1.81. The van der Waals surface area contributed by atoms with Crippen molar-refractivity contribution in [2.75, 3.05) is 5.32 Å². The molecular formula is C13H16N4O2S. The van der Waals surface area contributed by atoms with Crippen LogP contribution in [0.4, 0.5) is 5.69 Å². The van der Waals surface area contributed by atoms with Crippen molar-refractivity contribution in [3.63, 3.8) is 0 Å². The molecule has 20 heavy (non-hydrogen) atoms. The van der Waals surface area contributed by atoms with Crippen LogP contribution in [0.25, 0.3) is 0 Å². The molecule has 0 bridgehead atoms. The Kier molecular flexibility index (Phi) is 3.23. The monoisotopic (exact) mass is 292 g/mol. The number of primary sulfonamides is 1. The van der Waals surface area contributed by atoms with E-state index in [0.29, 0.717) is 12.6 Å². The first-order valence-corrected chi connectivity index (χ1v) is 7.96. The summed E-state index contributed by atoms with van der Waals surface area (Å²) >= 11 is 0. The molecule has 0 atom stereocenters. The molecule has 7 heteroatoms. The molecule has 1 saturated carbocycles. The van der Waals surface area contributed by atoms with Crippen LogP contribution >= 0.6 is 0 Å². The van der Waals surface area contributed by atoms with Gasteiger partial charge in [-0.05, 0) is 31.0 Å². The number of hydrogen-bond acceptors (Lipinski definition) is 4. The molecule has 0 aliphatic heterocycles. The zero-order chi connectivity index (χ0) is 14.2. The van der Waals surface area contributed by atoms with E-state index in [0.717, 1.165) is 11.4 Å². The van der Waals surface area contributed by atoms with Gasteiger partial charge < -0.3 is 9.88 Å². The number of nitrogens with one attached hydrogen (secondary N) is 1. The van der Waals surface area contributed by atoms with E-state index in [2.05, 4.69) is 14.9 Å². The van der Waals surface area contributed by atoms with Gasteiger partial charge in [0.1, 0.15) is 0 Å². The molecule has 1 aliphatic carbocycles. The predicted octanol–water partition coefficient (Wildman–Crippen LogP) is 1.48. The van der Waals surface area contributed by atoms with E-state index in [-0.39, 0.29) is 4.90 Å². The van der Waals surface area contributed by atoms with E-state index in [1.54, 1.807) is 6.07 Å². The third kappa shape index (κ3) is 2.83. The first-order chi connectivity index (χ1) is 9.54. The second-order valence-corrected chi connectivity index (χ2v) is 6.51. The molecule has 1 aromatic heterocycles. The van der Waals surface area contributed by atoms with Gasteiger partial charge in [0.25, 0.3) is 0 Å². The standard InChI is InChI=1S/C13H16N4O2S/c14-20(18,19)13-3-1-2-10(6-13)16-8-12-7-15-9-17(12)11-4-5-11/h1-3,6-7,9,11,16H,4-5,8H2,(H2,14,18,19). The number of nitrogens with two attached hydrogens (primary N) is 1. The molecule has 0 amide bonds. The number of imidazole rings is 1. The van der Waals surface area contributed by atoms with E-state index in [4.69, 9.17) is 5.14 Å². The third-order valence-electron chi connectivity index (χ3n) is 3.32. The first kappa shape index (κ1) is 13.1. The average Bonchev–Trinajstić information content (AvgIpc) is 3.15. The van der Waals surface area contributed by atoms with E-state index >= 15 is 0 Å². The Labute approximate surface area is 117 Å². The molecule has 1 fully saturated rings. The predicted molar refractivity (Wildman–Crippen MR) is 75.6 cm³/mol. The van der Waals surface area contributed by atoms with Gasteiger partial charge >= 0.3 is 0 Å². The highest BCUT2D eigenvalue weighted by atomic mass is 32.2. The molecule has 1 aromatic carbocycles. The fourth-order valence-electron chi connectivity index (χ4n) is 2.13. The fourth-order valence-corrected chi connectivity index (χ4v) is 2.69. The summed E-state index contributed by atoms with van der Waals surface area (Å²) in [7, 11) is -3.67.